The van der Waals surface area contributed by atoms with E-state index in [1.807, 2.05) is 0 Å². The highest BCUT2D eigenvalue weighted by Crippen LogP contribution is 2.40. The molecule has 2 saturated heterocycles. The van der Waals surface area contributed by atoms with Crippen LogP contribution in [-0.2, 0) is 4.79 Å². The van der Waals surface area contributed by atoms with Gasteiger partial charge in [-0.15, -0.1) is 0 Å². The van der Waals surface area contributed by atoms with Gasteiger partial charge in [0.2, 0.25) is 5.95 Å². The number of nitrogens with one attached hydrogen (secondary N) is 3. The molecular weight excluding hydrogens is 687 g/mol. The molecule has 1 aromatic heterocycles. The van der Waals surface area contributed by atoms with Crippen molar-refractivity contribution in [1.82, 2.24) is 30.4 Å². The summed E-state index contributed by atoms with van der Waals surface area (Å²) in [5, 5.41) is 9.46. The number of alkyl halides is 2. The first-order valence-electron chi connectivity index (χ1n) is 19.5. The summed E-state index contributed by atoms with van der Waals surface area (Å²) >= 11 is 0. The molecule has 0 spiro atoms. The van der Waals surface area contributed by atoms with Crippen molar-refractivity contribution < 1.29 is 27.5 Å². The second-order valence-corrected chi connectivity index (χ2v) is 15.5. The number of carbonyl (C=O) groups is 2. The topological polar surface area (TPSA) is 118 Å². The molecule has 2 aromatic rings. The van der Waals surface area contributed by atoms with Crippen molar-refractivity contribution in [2.75, 3.05) is 81.6 Å². The van der Waals surface area contributed by atoms with Crippen LogP contribution in [0.3, 0.4) is 0 Å². The Morgan fingerprint density at radius 2 is 1.72 bits per heavy atom. The van der Waals surface area contributed by atoms with Crippen LogP contribution in [0.2, 0.25) is 0 Å². The van der Waals surface area contributed by atoms with Crippen LogP contribution in [0.4, 0.5) is 36.3 Å². The molecule has 0 radical (unpaired) electrons. The Morgan fingerprint density at radius 1 is 1.00 bits per heavy atom. The van der Waals surface area contributed by atoms with Crippen LogP contribution in [0.15, 0.2) is 18.3 Å². The first-order chi connectivity index (χ1) is 25.6. The molecule has 1 aromatic carbocycles. The molecule has 3 N–H and O–H groups in total. The maximum absolute atomic E-state index is 15.6. The molecule has 15 heteroatoms. The summed E-state index contributed by atoms with van der Waals surface area (Å²) in [5.74, 6) is -4.89. The largest absolute Gasteiger partial charge is 0.495 e. The van der Waals surface area contributed by atoms with Crippen LogP contribution in [0.5, 0.6) is 5.75 Å². The third-order valence-corrected chi connectivity index (χ3v) is 12.2. The molecule has 7 rings (SSSR count). The highest BCUT2D eigenvalue weighted by molar-refractivity contribution is 6.02. The number of benzene rings is 1. The number of carbonyl (C=O) groups excluding carboxylic acids is 2. The quantitative estimate of drug-likeness (QED) is 0.314. The number of amides is 2. The number of aromatic nitrogens is 2. The standard InChI is InChI=1S/C38H54F3N9O3/c1-47-32-23-43-37(46-34(32)50(28-5-3-4-6-28)24-38(40,41)36(47)52)45-31-22-30(39)29(21-33(31)53-2)35(51)44-26-7-9-27(10-8-26)49-19-17-48(18-20-49)16-13-25-11-14-42-15-12-25/h21-23,25-28,42H,3-20,24H2,1-2H3,(H,44,51)(H,43,45,46). The van der Waals surface area contributed by atoms with Crippen LogP contribution in [-0.4, -0.2) is 122 Å². The van der Waals surface area contributed by atoms with E-state index in [0.29, 0.717) is 18.9 Å². The van der Waals surface area contributed by atoms with Gasteiger partial charge in [-0.05, 0) is 89.4 Å². The minimum absolute atomic E-state index is 0.0168. The fourth-order valence-corrected chi connectivity index (χ4v) is 8.95. The van der Waals surface area contributed by atoms with E-state index < -0.39 is 30.1 Å². The molecule has 2 saturated carbocycles. The molecule has 0 atom stereocenters. The minimum Gasteiger partial charge on any atom is -0.495 e. The summed E-state index contributed by atoms with van der Waals surface area (Å²) < 4.78 is 51.1. The number of hydrogen-bond donors (Lipinski definition) is 3. The average molecular weight is 742 g/mol. The van der Waals surface area contributed by atoms with Crippen molar-refractivity contribution in [3.63, 3.8) is 0 Å². The van der Waals surface area contributed by atoms with Gasteiger partial charge in [-0.25, -0.2) is 9.37 Å². The van der Waals surface area contributed by atoms with Gasteiger partial charge in [-0.3, -0.25) is 14.5 Å². The highest BCUT2D eigenvalue weighted by Gasteiger charge is 2.49. The Labute approximate surface area is 310 Å². The molecule has 2 aliphatic carbocycles. The maximum atomic E-state index is 15.6. The third-order valence-electron chi connectivity index (χ3n) is 12.2. The van der Waals surface area contributed by atoms with Crippen LogP contribution in [0.25, 0.3) is 0 Å². The zero-order valence-electron chi connectivity index (χ0n) is 31.0. The number of ether oxygens (including phenoxy) is 1. The van der Waals surface area contributed by atoms with Crippen LogP contribution in [0, 0.1) is 11.7 Å². The van der Waals surface area contributed by atoms with Gasteiger partial charge in [0, 0.05) is 57.4 Å². The third kappa shape index (κ3) is 8.51. The van der Waals surface area contributed by atoms with E-state index in [1.165, 1.54) is 57.1 Å². The molecule has 12 nitrogen and oxygen atoms in total. The highest BCUT2D eigenvalue weighted by atomic mass is 19.3. The van der Waals surface area contributed by atoms with Gasteiger partial charge < -0.3 is 35.4 Å². The van der Waals surface area contributed by atoms with Crippen molar-refractivity contribution in [1.29, 1.82) is 0 Å². The number of fused-ring (bicyclic) bond motifs is 1. The van der Waals surface area contributed by atoms with E-state index in [2.05, 4.69) is 35.7 Å². The lowest BCUT2D eigenvalue weighted by Crippen LogP contribution is -2.52. The number of hydrogen-bond acceptors (Lipinski definition) is 10. The zero-order chi connectivity index (χ0) is 37.1. The van der Waals surface area contributed by atoms with E-state index >= 15 is 13.2 Å². The number of halogens is 3. The van der Waals surface area contributed by atoms with Gasteiger partial charge in [0.15, 0.2) is 5.82 Å². The van der Waals surface area contributed by atoms with Gasteiger partial charge in [-0.2, -0.15) is 13.8 Å². The number of anilines is 4. The Bertz CT molecular complexity index is 1600. The molecule has 53 heavy (non-hydrogen) atoms. The van der Waals surface area contributed by atoms with E-state index in [-0.39, 0.29) is 46.5 Å². The van der Waals surface area contributed by atoms with Gasteiger partial charge in [-0.1, -0.05) is 12.8 Å². The molecule has 0 unspecified atom stereocenters. The average Bonchev–Trinajstić information content (AvgIpc) is 3.70. The van der Waals surface area contributed by atoms with E-state index in [4.69, 9.17) is 4.74 Å². The lowest BCUT2D eigenvalue weighted by Gasteiger charge is -2.42. The van der Waals surface area contributed by atoms with Crippen LogP contribution >= 0.6 is 0 Å². The molecule has 4 heterocycles. The van der Waals surface area contributed by atoms with E-state index in [0.717, 1.165) is 94.7 Å². The van der Waals surface area contributed by atoms with E-state index in [1.54, 1.807) is 0 Å². The molecule has 0 bridgehead atoms. The summed E-state index contributed by atoms with van der Waals surface area (Å²) in [7, 11) is 2.70. The maximum Gasteiger partial charge on any atom is 0.342 e. The van der Waals surface area contributed by atoms with Crippen molar-refractivity contribution in [2.24, 2.45) is 5.92 Å². The van der Waals surface area contributed by atoms with Crippen molar-refractivity contribution in [3.8, 4) is 5.75 Å². The van der Waals surface area contributed by atoms with Crippen molar-refractivity contribution in [3.05, 3.63) is 29.7 Å². The Balaban J connectivity index is 0.951. The monoisotopic (exact) mass is 741 g/mol. The summed E-state index contributed by atoms with van der Waals surface area (Å²) in [6, 6.07) is 2.78. The first kappa shape index (κ1) is 37.6. The number of piperidine rings is 1. The van der Waals surface area contributed by atoms with Crippen molar-refractivity contribution >= 4 is 35.0 Å². The minimum atomic E-state index is -3.60. The predicted molar refractivity (Wildman–Crippen MR) is 198 cm³/mol. The summed E-state index contributed by atoms with van der Waals surface area (Å²) in [6.07, 6.45) is 12.1. The summed E-state index contributed by atoms with van der Waals surface area (Å²) in [6.45, 7) is 7.11. The van der Waals surface area contributed by atoms with Crippen molar-refractivity contribution in [2.45, 2.75) is 94.7 Å². The molecule has 4 fully saturated rings. The number of rotatable bonds is 10. The molecule has 3 aliphatic heterocycles. The van der Waals surface area contributed by atoms with Gasteiger partial charge >= 0.3 is 5.92 Å². The SMILES string of the molecule is COc1cc(C(=O)NC2CCC(N3CCN(CCC4CCNCC4)CC3)CC2)c(F)cc1Nc1ncc2c(n1)N(C1CCCC1)CC(F)(F)C(=O)N2C. The second-order valence-electron chi connectivity index (χ2n) is 15.5. The number of piperazine rings is 1. The lowest BCUT2D eigenvalue weighted by atomic mass is 9.89. The normalized spacial score (nSPS) is 24.9. The smallest absolute Gasteiger partial charge is 0.342 e. The second kappa shape index (κ2) is 16.4. The van der Waals surface area contributed by atoms with E-state index in [9.17, 15) is 9.59 Å². The van der Waals surface area contributed by atoms with Crippen LogP contribution in [0.1, 0.15) is 81.0 Å². The lowest BCUT2D eigenvalue weighted by molar-refractivity contribution is -0.140. The van der Waals surface area contributed by atoms with Gasteiger partial charge in [0.25, 0.3) is 11.8 Å². The number of nitrogens with zero attached hydrogens (tertiary/aromatic N) is 6. The fraction of sp³-hybridized carbons (Fsp3) is 0.684. The Kier molecular flexibility index (Phi) is 11.6. The summed E-state index contributed by atoms with van der Waals surface area (Å²) in [5.41, 5.74) is 0.210. The molecule has 290 valence electrons. The molecule has 2 amide bonds. The van der Waals surface area contributed by atoms with Crippen LogP contribution < -0.4 is 30.5 Å². The number of methoxy groups -OCH3 is 1. The Hall–Kier alpha value is -3.69. The Morgan fingerprint density at radius 3 is 2.42 bits per heavy atom. The first-order valence-corrected chi connectivity index (χ1v) is 19.5. The van der Waals surface area contributed by atoms with Gasteiger partial charge in [0.05, 0.1) is 31.1 Å². The molecule has 5 aliphatic rings. The zero-order valence-corrected chi connectivity index (χ0v) is 31.0. The fourth-order valence-electron chi connectivity index (χ4n) is 8.95. The molecular formula is C38H54F3N9O3. The predicted octanol–water partition coefficient (Wildman–Crippen LogP) is 4.78. The summed E-state index contributed by atoms with van der Waals surface area (Å²) in [4.78, 5) is 42.5. The van der Waals surface area contributed by atoms with Gasteiger partial charge in [0.1, 0.15) is 17.3 Å².